The fraction of sp³-hybridized carbons (Fsp3) is 1.00. The molecule has 1 aliphatic carbocycles. The number of hydrogen-bond donors (Lipinski definition) is 2. The molecular formula is C14H29N3O2S. The van der Waals surface area contributed by atoms with E-state index in [0.717, 1.165) is 45.1 Å². The lowest BCUT2D eigenvalue weighted by molar-refractivity contribution is 0.244. The normalized spacial score (nSPS) is 28.4. The van der Waals surface area contributed by atoms with Gasteiger partial charge in [-0.25, -0.2) is 0 Å². The van der Waals surface area contributed by atoms with Gasteiger partial charge in [0.15, 0.2) is 0 Å². The summed E-state index contributed by atoms with van der Waals surface area (Å²) in [6.07, 6.45) is 7.47. The predicted octanol–water partition coefficient (Wildman–Crippen LogP) is 1.47. The molecule has 0 bridgehead atoms. The third kappa shape index (κ3) is 4.16. The highest BCUT2D eigenvalue weighted by molar-refractivity contribution is 7.87. The van der Waals surface area contributed by atoms with Crippen molar-refractivity contribution in [3.05, 3.63) is 0 Å². The van der Waals surface area contributed by atoms with Crippen molar-refractivity contribution in [3.8, 4) is 0 Å². The maximum Gasteiger partial charge on any atom is 0.279 e. The smallest absolute Gasteiger partial charge is 0.279 e. The van der Waals surface area contributed by atoms with E-state index in [9.17, 15) is 8.42 Å². The summed E-state index contributed by atoms with van der Waals surface area (Å²) in [5.41, 5.74) is -0.243. The van der Waals surface area contributed by atoms with Crippen molar-refractivity contribution < 1.29 is 8.42 Å². The van der Waals surface area contributed by atoms with Crippen molar-refractivity contribution in [3.63, 3.8) is 0 Å². The Balaban J connectivity index is 1.98. The van der Waals surface area contributed by atoms with Gasteiger partial charge in [0.05, 0.1) is 0 Å². The number of nitrogens with zero attached hydrogens (tertiary/aromatic N) is 1. The van der Waals surface area contributed by atoms with E-state index in [1.165, 1.54) is 6.42 Å². The first-order chi connectivity index (χ1) is 9.45. The van der Waals surface area contributed by atoms with Crippen molar-refractivity contribution in [2.24, 2.45) is 5.92 Å². The average molecular weight is 303 g/mol. The molecule has 5 nitrogen and oxygen atoms in total. The molecule has 1 atom stereocenters. The van der Waals surface area contributed by atoms with Crippen LogP contribution in [-0.2, 0) is 10.2 Å². The van der Waals surface area contributed by atoms with Crippen LogP contribution in [0.4, 0.5) is 0 Å². The Morgan fingerprint density at radius 3 is 2.55 bits per heavy atom. The van der Waals surface area contributed by atoms with Gasteiger partial charge in [0, 0.05) is 18.6 Å². The van der Waals surface area contributed by atoms with Crippen LogP contribution >= 0.6 is 0 Å². The molecule has 20 heavy (non-hydrogen) atoms. The molecule has 0 amide bonds. The highest BCUT2D eigenvalue weighted by atomic mass is 32.2. The summed E-state index contributed by atoms with van der Waals surface area (Å²) < 4.78 is 29.8. The quantitative estimate of drug-likeness (QED) is 0.808. The molecule has 0 aromatic carbocycles. The van der Waals surface area contributed by atoms with Crippen LogP contribution in [-0.4, -0.2) is 44.9 Å². The molecule has 0 spiro atoms. The molecule has 118 valence electrons. The second-order valence-corrected chi connectivity index (χ2v) is 8.32. The molecule has 2 rings (SSSR count). The highest BCUT2D eigenvalue weighted by Crippen LogP contribution is 2.29. The van der Waals surface area contributed by atoms with Gasteiger partial charge in [0.25, 0.3) is 10.2 Å². The van der Waals surface area contributed by atoms with Gasteiger partial charge in [0.2, 0.25) is 0 Å². The second kappa shape index (κ2) is 6.73. The average Bonchev–Trinajstić information content (AvgIpc) is 2.39. The number of hydrogen-bond acceptors (Lipinski definition) is 3. The molecule has 2 aliphatic rings. The van der Waals surface area contributed by atoms with E-state index in [1.54, 1.807) is 4.31 Å². The molecule has 2 N–H and O–H groups in total. The second-order valence-electron chi connectivity index (χ2n) is 6.65. The molecule has 2 fully saturated rings. The van der Waals surface area contributed by atoms with Gasteiger partial charge in [-0.1, -0.05) is 19.3 Å². The molecule has 1 saturated carbocycles. The Labute approximate surface area is 123 Å². The molecule has 0 aromatic rings. The van der Waals surface area contributed by atoms with E-state index in [1.807, 2.05) is 7.05 Å². The summed E-state index contributed by atoms with van der Waals surface area (Å²) in [7, 11) is -1.41. The summed E-state index contributed by atoms with van der Waals surface area (Å²) in [5, 5.41) is 3.16. The van der Waals surface area contributed by atoms with Crippen molar-refractivity contribution in [1.29, 1.82) is 0 Å². The third-order valence-corrected chi connectivity index (χ3v) is 6.41. The van der Waals surface area contributed by atoms with Gasteiger partial charge < -0.3 is 5.32 Å². The summed E-state index contributed by atoms with van der Waals surface area (Å²) >= 11 is 0. The van der Waals surface area contributed by atoms with Gasteiger partial charge >= 0.3 is 0 Å². The van der Waals surface area contributed by atoms with Crippen LogP contribution in [0, 0.1) is 5.92 Å². The predicted molar refractivity (Wildman–Crippen MR) is 81.8 cm³/mol. The minimum atomic E-state index is -3.34. The monoisotopic (exact) mass is 303 g/mol. The lowest BCUT2D eigenvalue weighted by Gasteiger charge is -2.38. The maximum atomic E-state index is 12.6. The van der Waals surface area contributed by atoms with E-state index in [-0.39, 0.29) is 5.54 Å². The van der Waals surface area contributed by atoms with Gasteiger partial charge in [-0.05, 0) is 52.1 Å². The molecule has 1 heterocycles. The van der Waals surface area contributed by atoms with E-state index in [2.05, 4.69) is 17.0 Å². The lowest BCUT2D eigenvalue weighted by atomic mass is 9.84. The Morgan fingerprint density at radius 1 is 1.20 bits per heavy atom. The molecular weight excluding hydrogens is 274 g/mol. The van der Waals surface area contributed by atoms with E-state index in [0.29, 0.717) is 19.0 Å². The van der Waals surface area contributed by atoms with E-state index >= 15 is 0 Å². The first kappa shape index (κ1) is 16.2. The largest absolute Gasteiger partial charge is 0.319 e. The van der Waals surface area contributed by atoms with Gasteiger partial charge in [0.1, 0.15) is 0 Å². The van der Waals surface area contributed by atoms with Crippen molar-refractivity contribution in [2.75, 3.05) is 26.7 Å². The van der Waals surface area contributed by atoms with Crippen LogP contribution in [0.1, 0.15) is 51.9 Å². The fourth-order valence-corrected chi connectivity index (χ4v) is 5.24. The van der Waals surface area contributed by atoms with Crippen molar-refractivity contribution in [1.82, 2.24) is 14.3 Å². The summed E-state index contributed by atoms with van der Waals surface area (Å²) in [6, 6.07) is 0. The zero-order valence-electron chi connectivity index (χ0n) is 12.8. The number of piperidine rings is 1. The topological polar surface area (TPSA) is 61.4 Å². The van der Waals surface area contributed by atoms with Crippen molar-refractivity contribution in [2.45, 2.75) is 57.4 Å². The first-order valence-corrected chi connectivity index (χ1v) is 9.33. The zero-order valence-corrected chi connectivity index (χ0v) is 13.6. The zero-order chi connectivity index (χ0) is 14.6. The standard InChI is InChI=1S/C14H29N3O2S/c1-14(8-4-3-5-9-14)16-20(18,19)17-10-6-7-13(12-17)11-15-2/h13,15-16H,3-12H2,1-2H3. The Hall–Kier alpha value is -0.170. The number of nitrogens with one attached hydrogen (secondary N) is 2. The number of rotatable bonds is 5. The fourth-order valence-electron chi connectivity index (χ4n) is 3.51. The maximum absolute atomic E-state index is 12.6. The molecule has 1 unspecified atom stereocenters. The SMILES string of the molecule is CNCC1CCCN(S(=O)(=O)NC2(C)CCCCC2)C1. The van der Waals surface area contributed by atoms with Crippen LogP contribution in [0.5, 0.6) is 0 Å². The van der Waals surface area contributed by atoms with Crippen LogP contribution < -0.4 is 10.0 Å². The third-order valence-electron chi connectivity index (χ3n) is 4.65. The Morgan fingerprint density at radius 2 is 1.90 bits per heavy atom. The van der Waals surface area contributed by atoms with Crippen molar-refractivity contribution >= 4 is 10.2 Å². The molecule has 6 heteroatoms. The van der Waals surface area contributed by atoms with Crippen LogP contribution in [0.3, 0.4) is 0 Å². The van der Waals surface area contributed by atoms with Crippen LogP contribution in [0.2, 0.25) is 0 Å². The van der Waals surface area contributed by atoms with E-state index in [4.69, 9.17) is 0 Å². The van der Waals surface area contributed by atoms with Gasteiger partial charge in [-0.2, -0.15) is 17.4 Å². The van der Waals surface area contributed by atoms with Crippen LogP contribution in [0.15, 0.2) is 0 Å². The highest BCUT2D eigenvalue weighted by Gasteiger charge is 2.36. The molecule has 1 saturated heterocycles. The molecule has 0 radical (unpaired) electrons. The Kier molecular flexibility index (Phi) is 5.45. The minimum Gasteiger partial charge on any atom is -0.319 e. The first-order valence-electron chi connectivity index (χ1n) is 7.89. The molecule has 1 aliphatic heterocycles. The minimum absolute atomic E-state index is 0.243. The lowest BCUT2D eigenvalue weighted by Crippen LogP contribution is -2.55. The van der Waals surface area contributed by atoms with E-state index < -0.39 is 10.2 Å². The van der Waals surface area contributed by atoms with Gasteiger partial charge in [-0.3, -0.25) is 0 Å². The van der Waals surface area contributed by atoms with Crippen LogP contribution in [0.25, 0.3) is 0 Å². The summed E-state index contributed by atoms with van der Waals surface area (Å²) in [6.45, 7) is 4.25. The van der Waals surface area contributed by atoms with Gasteiger partial charge in [-0.15, -0.1) is 0 Å². The summed E-state index contributed by atoms with van der Waals surface area (Å²) in [4.78, 5) is 0. The molecule has 0 aromatic heterocycles. The summed E-state index contributed by atoms with van der Waals surface area (Å²) in [5.74, 6) is 0.435. The Bertz CT molecular complexity index is 403.